The van der Waals surface area contributed by atoms with Crippen LogP contribution in [0.15, 0.2) is 23.9 Å². The van der Waals surface area contributed by atoms with Gasteiger partial charge in [-0.25, -0.2) is 9.78 Å². The van der Waals surface area contributed by atoms with Crippen LogP contribution in [-0.4, -0.2) is 27.4 Å². The van der Waals surface area contributed by atoms with E-state index in [0.29, 0.717) is 11.4 Å². The van der Waals surface area contributed by atoms with Crippen LogP contribution < -0.4 is 5.32 Å². The summed E-state index contributed by atoms with van der Waals surface area (Å²) in [5, 5.41) is 20.7. The van der Waals surface area contributed by atoms with Crippen molar-refractivity contribution in [1.82, 2.24) is 4.98 Å². The maximum atomic E-state index is 10.7. The number of pyridine rings is 1. The van der Waals surface area contributed by atoms with E-state index in [1.54, 1.807) is 18.3 Å². The van der Waals surface area contributed by atoms with Gasteiger partial charge in [-0.1, -0.05) is 0 Å². The van der Waals surface area contributed by atoms with Crippen LogP contribution in [0.3, 0.4) is 0 Å². The van der Waals surface area contributed by atoms with Crippen molar-refractivity contribution in [2.24, 2.45) is 0 Å². The number of hydrogen-bond acceptors (Lipinski definition) is 4. The molecule has 5 nitrogen and oxygen atoms in total. The molecule has 0 aromatic carbocycles. The molecule has 1 aliphatic heterocycles. The first-order chi connectivity index (χ1) is 6.68. The van der Waals surface area contributed by atoms with Crippen molar-refractivity contribution in [3.05, 3.63) is 29.5 Å². The molecule has 0 amide bonds. The van der Waals surface area contributed by atoms with Gasteiger partial charge in [-0.3, -0.25) is 0 Å². The predicted molar refractivity (Wildman–Crippen MR) is 49.5 cm³/mol. The number of anilines is 1. The molecule has 1 atom stereocenters. The molecule has 0 fully saturated rings. The van der Waals surface area contributed by atoms with E-state index < -0.39 is 12.2 Å². The lowest BCUT2D eigenvalue weighted by Gasteiger charge is -2.20. The van der Waals surface area contributed by atoms with E-state index in [-0.39, 0.29) is 5.57 Å². The standard InChI is InChI=1S/C9H8N2O3/c12-8-6(9(13)14)4-5-2-1-3-10-7(5)11-8/h1-4,8,12H,(H,10,11)(H,13,14). The zero-order chi connectivity index (χ0) is 10.1. The predicted octanol–water partition coefficient (Wildman–Crippen LogP) is 0.293. The van der Waals surface area contributed by atoms with E-state index >= 15 is 0 Å². The normalized spacial score (nSPS) is 19.2. The molecule has 1 aliphatic rings. The fraction of sp³-hybridized carbons (Fsp3) is 0.111. The molecule has 5 heteroatoms. The minimum Gasteiger partial charge on any atom is -0.478 e. The average molecular weight is 192 g/mol. The van der Waals surface area contributed by atoms with E-state index in [0.717, 1.165) is 0 Å². The Hall–Kier alpha value is -1.88. The van der Waals surface area contributed by atoms with E-state index in [9.17, 15) is 9.90 Å². The average Bonchev–Trinajstić information content (AvgIpc) is 2.16. The summed E-state index contributed by atoms with van der Waals surface area (Å²) in [5.74, 6) is -0.649. The Labute approximate surface area is 79.7 Å². The highest BCUT2D eigenvalue weighted by atomic mass is 16.4. The number of rotatable bonds is 1. The summed E-state index contributed by atoms with van der Waals surface area (Å²) >= 11 is 0. The van der Waals surface area contributed by atoms with Gasteiger partial charge in [0.05, 0.1) is 5.57 Å². The number of carboxylic acid groups (broad SMARTS) is 1. The second-order valence-electron chi connectivity index (χ2n) is 2.89. The highest BCUT2D eigenvalue weighted by Crippen LogP contribution is 2.23. The SMILES string of the molecule is O=C(O)C1=Cc2cccnc2NC1O. The van der Waals surface area contributed by atoms with Gasteiger partial charge in [-0.05, 0) is 18.2 Å². The van der Waals surface area contributed by atoms with Crippen molar-refractivity contribution in [2.45, 2.75) is 6.23 Å². The van der Waals surface area contributed by atoms with Crippen LogP contribution in [-0.2, 0) is 4.79 Å². The van der Waals surface area contributed by atoms with E-state index in [1.807, 2.05) is 0 Å². The van der Waals surface area contributed by atoms with Gasteiger partial charge in [-0.15, -0.1) is 0 Å². The Balaban J connectivity index is 2.49. The molecule has 0 radical (unpaired) electrons. The Kier molecular flexibility index (Phi) is 1.94. The van der Waals surface area contributed by atoms with Crippen molar-refractivity contribution in [2.75, 3.05) is 5.32 Å². The molecule has 72 valence electrons. The van der Waals surface area contributed by atoms with Gasteiger partial charge < -0.3 is 15.5 Å². The number of nitrogens with zero attached hydrogens (tertiary/aromatic N) is 1. The smallest absolute Gasteiger partial charge is 0.336 e. The number of aliphatic hydroxyl groups is 1. The van der Waals surface area contributed by atoms with Gasteiger partial charge in [0.2, 0.25) is 0 Å². The maximum absolute atomic E-state index is 10.7. The topological polar surface area (TPSA) is 82.5 Å². The third kappa shape index (κ3) is 1.33. The lowest BCUT2D eigenvalue weighted by Crippen LogP contribution is -2.29. The van der Waals surface area contributed by atoms with Gasteiger partial charge in [-0.2, -0.15) is 0 Å². The van der Waals surface area contributed by atoms with Crippen molar-refractivity contribution in [3.8, 4) is 0 Å². The first-order valence-corrected chi connectivity index (χ1v) is 4.03. The summed E-state index contributed by atoms with van der Waals surface area (Å²) in [6.45, 7) is 0. The number of carbonyl (C=O) groups is 1. The van der Waals surface area contributed by atoms with Crippen LogP contribution in [0.4, 0.5) is 5.82 Å². The molecule has 0 saturated carbocycles. The molecule has 1 aromatic heterocycles. The van der Waals surface area contributed by atoms with Crippen molar-refractivity contribution in [1.29, 1.82) is 0 Å². The largest absolute Gasteiger partial charge is 0.478 e. The lowest BCUT2D eigenvalue weighted by molar-refractivity contribution is -0.133. The molecule has 14 heavy (non-hydrogen) atoms. The van der Waals surface area contributed by atoms with Gasteiger partial charge >= 0.3 is 5.97 Å². The minimum atomic E-state index is -1.20. The van der Waals surface area contributed by atoms with E-state index in [1.165, 1.54) is 6.08 Å². The van der Waals surface area contributed by atoms with Crippen LogP contribution in [0.5, 0.6) is 0 Å². The molecule has 0 saturated heterocycles. The third-order valence-electron chi connectivity index (χ3n) is 1.96. The zero-order valence-electron chi connectivity index (χ0n) is 7.14. The second-order valence-corrected chi connectivity index (χ2v) is 2.89. The molecule has 0 aliphatic carbocycles. The Morgan fingerprint density at radius 2 is 2.36 bits per heavy atom. The van der Waals surface area contributed by atoms with Gasteiger partial charge in [0.1, 0.15) is 5.82 Å². The molecule has 0 bridgehead atoms. The van der Waals surface area contributed by atoms with Crippen molar-refractivity contribution in [3.63, 3.8) is 0 Å². The number of hydrogen-bond donors (Lipinski definition) is 3. The van der Waals surface area contributed by atoms with E-state index in [4.69, 9.17) is 5.11 Å². The lowest BCUT2D eigenvalue weighted by atomic mass is 10.1. The molecule has 0 spiro atoms. The Morgan fingerprint density at radius 3 is 3.07 bits per heavy atom. The minimum absolute atomic E-state index is 0.0782. The molecule has 2 rings (SSSR count). The molecule has 1 unspecified atom stereocenters. The van der Waals surface area contributed by atoms with Crippen LogP contribution in [0.2, 0.25) is 0 Å². The number of aromatic nitrogens is 1. The van der Waals surface area contributed by atoms with Gasteiger partial charge in [0.25, 0.3) is 0 Å². The summed E-state index contributed by atoms with van der Waals surface area (Å²) < 4.78 is 0. The summed E-state index contributed by atoms with van der Waals surface area (Å²) in [5.41, 5.74) is 0.584. The number of aliphatic hydroxyl groups excluding tert-OH is 1. The van der Waals surface area contributed by atoms with Crippen LogP contribution >= 0.6 is 0 Å². The number of fused-ring (bicyclic) bond motifs is 1. The first-order valence-electron chi connectivity index (χ1n) is 4.03. The number of carboxylic acids is 1. The molecule has 2 heterocycles. The van der Waals surface area contributed by atoms with Crippen LogP contribution in [0.1, 0.15) is 5.56 Å². The summed E-state index contributed by atoms with van der Waals surface area (Å²) in [4.78, 5) is 14.6. The molecular weight excluding hydrogens is 184 g/mol. The van der Waals surface area contributed by atoms with Gasteiger partial charge in [0.15, 0.2) is 6.23 Å². The quantitative estimate of drug-likeness (QED) is 0.595. The van der Waals surface area contributed by atoms with Crippen LogP contribution in [0.25, 0.3) is 6.08 Å². The maximum Gasteiger partial charge on any atom is 0.336 e. The fourth-order valence-electron chi connectivity index (χ4n) is 1.29. The Morgan fingerprint density at radius 1 is 1.57 bits per heavy atom. The highest BCUT2D eigenvalue weighted by Gasteiger charge is 2.23. The van der Waals surface area contributed by atoms with Gasteiger partial charge in [0, 0.05) is 11.8 Å². The van der Waals surface area contributed by atoms with Crippen molar-refractivity contribution < 1.29 is 15.0 Å². The second kappa shape index (κ2) is 3.12. The fourth-order valence-corrected chi connectivity index (χ4v) is 1.29. The molecular formula is C9H8N2O3. The van der Waals surface area contributed by atoms with E-state index in [2.05, 4.69) is 10.3 Å². The molecule has 1 aromatic rings. The molecule has 3 N–H and O–H groups in total. The number of nitrogens with one attached hydrogen (secondary N) is 1. The number of aliphatic carboxylic acids is 1. The first kappa shape index (κ1) is 8.71. The van der Waals surface area contributed by atoms with Crippen molar-refractivity contribution >= 4 is 17.9 Å². The highest BCUT2D eigenvalue weighted by molar-refractivity contribution is 5.96. The third-order valence-corrected chi connectivity index (χ3v) is 1.96. The Bertz CT molecular complexity index is 414. The summed E-state index contributed by atoms with van der Waals surface area (Å²) in [6.07, 6.45) is 1.78. The summed E-state index contributed by atoms with van der Waals surface area (Å²) in [6, 6.07) is 3.43. The summed E-state index contributed by atoms with van der Waals surface area (Å²) in [7, 11) is 0. The monoisotopic (exact) mass is 192 g/mol. The van der Waals surface area contributed by atoms with Crippen LogP contribution in [0, 0.1) is 0 Å². The zero-order valence-corrected chi connectivity index (χ0v) is 7.14.